The molecule has 0 heterocycles. The summed E-state index contributed by atoms with van der Waals surface area (Å²) < 4.78 is 5.23. The Kier molecular flexibility index (Phi) is 5.62. The van der Waals surface area contributed by atoms with Crippen molar-refractivity contribution in [1.82, 2.24) is 5.32 Å². The standard InChI is InChI=1S/C21H21N3O4/c1-28-16-8-9-17-14(11-16)6-4-10-21(17,27)13-23-19(25)20(26)24-18-7-3-2-5-15(18)12-22/h2-3,5,7-9,11,27H,4,6,10,13H2,1H3,(H,23,25)(H,24,26). The van der Waals surface area contributed by atoms with E-state index in [4.69, 9.17) is 10.00 Å². The molecular weight excluding hydrogens is 358 g/mol. The first kappa shape index (κ1) is 19.4. The SMILES string of the molecule is COc1ccc2c(c1)CCCC2(O)CNC(=O)C(=O)Nc1ccccc1C#N. The number of methoxy groups -OCH3 is 1. The summed E-state index contributed by atoms with van der Waals surface area (Å²) >= 11 is 0. The van der Waals surface area contributed by atoms with Crippen LogP contribution in [-0.4, -0.2) is 30.6 Å². The molecule has 144 valence electrons. The zero-order valence-corrected chi connectivity index (χ0v) is 15.5. The number of nitrogens with zero attached hydrogens (tertiary/aromatic N) is 1. The molecule has 28 heavy (non-hydrogen) atoms. The van der Waals surface area contributed by atoms with Crippen LogP contribution in [0.2, 0.25) is 0 Å². The number of aryl methyl sites for hydroxylation is 1. The molecule has 1 unspecified atom stereocenters. The fraction of sp³-hybridized carbons (Fsp3) is 0.286. The second-order valence-electron chi connectivity index (χ2n) is 6.70. The van der Waals surface area contributed by atoms with Gasteiger partial charge in [-0.25, -0.2) is 0 Å². The van der Waals surface area contributed by atoms with Gasteiger partial charge in [-0.15, -0.1) is 0 Å². The zero-order valence-electron chi connectivity index (χ0n) is 15.5. The summed E-state index contributed by atoms with van der Waals surface area (Å²) in [7, 11) is 1.58. The minimum atomic E-state index is -1.25. The van der Waals surface area contributed by atoms with Crippen molar-refractivity contribution in [3.8, 4) is 11.8 Å². The highest BCUT2D eigenvalue weighted by molar-refractivity contribution is 6.39. The Balaban J connectivity index is 1.68. The molecule has 2 aromatic carbocycles. The first-order valence-corrected chi connectivity index (χ1v) is 8.95. The average molecular weight is 379 g/mol. The number of fused-ring (bicyclic) bond motifs is 1. The van der Waals surface area contributed by atoms with E-state index in [1.807, 2.05) is 12.1 Å². The Hall–Kier alpha value is -3.37. The van der Waals surface area contributed by atoms with Gasteiger partial charge in [0.25, 0.3) is 0 Å². The number of carbonyl (C=O) groups excluding carboxylic acids is 2. The predicted molar refractivity (Wildman–Crippen MR) is 103 cm³/mol. The van der Waals surface area contributed by atoms with Gasteiger partial charge in [0.15, 0.2) is 0 Å². The van der Waals surface area contributed by atoms with E-state index in [1.54, 1.807) is 43.5 Å². The minimum absolute atomic E-state index is 0.0848. The Morgan fingerprint density at radius 3 is 2.79 bits per heavy atom. The van der Waals surface area contributed by atoms with Gasteiger partial charge in [-0.3, -0.25) is 9.59 Å². The van der Waals surface area contributed by atoms with E-state index in [2.05, 4.69) is 10.6 Å². The molecule has 1 atom stereocenters. The lowest BCUT2D eigenvalue weighted by atomic mass is 9.79. The highest BCUT2D eigenvalue weighted by atomic mass is 16.5. The van der Waals surface area contributed by atoms with E-state index in [0.29, 0.717) is 12.2 Å². The summed E-state index contributed by atoms with van der Waals surface area (Å²) in [6.07, 6.45) is 2.05. The van der Waals surface area contributed by atoms with Crippen molar-refractivity contribution in [3.05, 3.63) is 59.2 Å². The quantitative estimate of drug-likeness (QED) is 0.702. The number of nitriles is 1. The molecule has 2 amide bonds. The molecule has 7 heteroatoms. The number of para-hydroxylation sites is 1. The van der Waals surface area contributed by atoms with E-state index in [1.165, 1.54) is 0 Å². The molecule has 2 aromatic rings. The van der Waals surface area contributed by atoms with Gasteiger partial charge in [-0.05, 0) is 54.7 Å². The number of hydrogen-bond donors (Lipinski definition) is 3. The first-order valence-electron chi connectivity index (χ1n) is 8.95. The summed E-state index contributed by atoms with van der Waals surface area (Å²) in [6, 6.07) is 13.8. The highest BCUT2D eigenvalue weighted by Crippen LogP contribution is 2.36. The van der Waals surface area contributed by atoms with Crippen LogP contribution in [0.25, 0.3) is 0 Å². The van der Waals surface area contributed by atoms with Crippen LogP contribution < -0.4 is 15.4 Å². The second kappa shape index (κ2) is 8.11. The predicted octanol–water partition coefficient (Wildman–Crippen LogP) is 1.85. The topological polar surface area (TPSA) is 111 Å². The van der Waals surface area contributed by atoms with Crippen LogP contribution in [0, 0.1) is 11.3 Å². The maximum Gasteiger partial charge on any atom is 0.313 e. The number of benzene rings is 2. The molecule has 0 saturated heterocycles. The number of hydrogen-bond acceptors (Lipinski definition) is 5. The normalized spacial score (nSPS) is 17.8. The molecule has 1 aliphatic rings. The van der Waals surface area contributed by atoms with Gasteiger partial charge in [-0.2, -0.15) is 5.26 Å². The third-order valence-electron chi connectivity index (χ3n) is 4.89. The summed E-state index contributed by atoms with van der Waals surface area (Å²) in [5.41, 5.74) is 0.974. The second-order valence-corrected chi connectivity index (χ2v) is 6.70. The van der Waals surface area contributed by atoms with Crippen molar-refractivity contribution in [3.63, 3.8) is 0 Å². The van der Waals surface area contributed by atoms with Crippen molar-refractivity contribution in [2.45, 2.75) is 24.9 Å². The van der Waals surface area contributed by atoms with Gasteiger partial charge in [0.05, 0.1) is 24.9 Å². The lowest BCUT2D eigenvalue weighted by molar-refractivity contribution is -0.137. The maximum atomic E-state index is 12.2. The lowest BCUT2D eigenvalue weighted by Gasteiger charge is -2.34. The van der Waals surface area contributed by atoms with Crippen LogP contribution in [0.5, 0.6) is 5.75 Å². The molecule has 7 nitrogen and oxygen atoms in total. The summed E-state index contributed by atoms with van der Waals surface area (Å²) in [6.45, 7) is -0.0848. The summed E-state index contributed by atoms with van der Waals surface area (Å²) in [5.74, 6) is -1.05. The number of aliphatic hydroxyl groups is 1. The smallest absolute Gasteiger partial charge is 0.313 e. The number of ether oxygens (including phenoxy) is 1. The van der Waals surface area contributed by atoms with Crippen molar-refractivity contribution >= 4 is 17.5 Å². The minimum Gasteiger partial charge on any atom is -0.497 e. The van der Waals surface area contributed by atoms with Crippen LogP contribution in [-0.2, 0) is 21.6 Å². The molecular formula is C21H21N3O4. The summed E-state index contributed by atoms with van der Waals surface area (Å²) in [4.78, 5) is 24.4. The number of amides is 2. The molecule has 0 aliphatic heterocycles. The number of carbonyl (C=O) groups is 2. The van der Waals surface area contributed by atoms with Gasteiger partial charge in [0.1, 0.15) is 17.4 Å². The van der Waals surface area contributed by atoms with Crippen molar-refractivity contribution in [2.24, 2.45) is 0 Å². The van der Waals surface area contributed by atoms with E-state index < -0.39 is 17.4 Å². The number of nitrogens with one attached hydrogen (secondary N) is 2. The molecule has 0 spiro atoms. The van der Waals surface area contributed by atoms with Gasteiger partial charge < -0.3 is 20.5 Å². The summed E-state index contributed by atoms with van der Waals surface area (Å²) in [5, 5.41) is 25.1. The molecule has 3 rings (SSSR count). The Morgan fingerprint density at radius 2 is 2.04 bits per heavy atom. The van der Waals surface area contributed by atoms with E-state index in [-0.39, 0.29) is 17.8 Å². The fourth-order valence-electron chi connectivity index (χ4n) is 3.42. The maximum absolute atomic E-state index is 12.2. The highest BCUT2D eigenvalue weighted by Gasteiger charge is 2.35. The zero-order chi connectivity index (χ0) is 20.1. The largest absolute Gasteiger partial charge is 0.497 e. The third-order valence-corrected chi connectivity index (χ3v) is 4.89. The molecule has 0 radical (unpaired) electrons. The Labute approximate surface area is 162 Å². The average Bonchev–Trinajstić information content (AvgIpc) is 2.72. The van der Waals surface area contributed by atoms with E-state index in [9.17, 15) is 14.7 Å². The molecule has 0 fully saturated rings. The number of anilines is 1. The van der Waals surface area contributed by atoms with E-state index in [0.717, 1.165) is 24.0 Å². The number of rotatable bonds is 4. The molecule has 1 aliphatic carbocycles. The molecule has 0 aromatic heterocycles. The van der Waals surface area contributed by atoms with Crippen LogP contribution >= 0.6 is 0 Å². The van der Waals surface area contributed by atoms with Crippen LogP contribution in [0.3, 0.4) is 0 Å². The van der Waals surface area contributed by atoms with Gasteiger partial charge in [0.2, 0.25) is 0 Å². The van der Waals surface area contributed by atoms with Gasteiger partial charge >= 0.3 is 11.8 Å². The van der Waals surface area contributed by atoms with Crippen LogP contribution in [0.4, 0.5) is 5.69 Å². The Bertz CT molecular complexity index is 951. The van der Waals surface area contributed by atoms with Crippen molar-refractivity contribution in [2.75, 3.05) is 19.0 Å². The van der Waals surface area contributed by atoms with Crippen molar-refractivity contribution in [1.29, 1.82) is 5.26 Å². The monoisotopic (exact) mass is 379 g/mol. The third kappa shape index (κ3) is 3.97. The molecule has 3 N–H and O–H groups in total. The van der Waals surface area contributed by atoms with Crippen molar-refractivity contribution < 1.29 is 19.4 Å². The van der Waals surface area contributed by atoms with Crippen LogP contribution in [0.15, 0.2) is 42.5 Å². The van der Waals surface area contributed by atoms with E-state index >= 15 is 0 Å². The fourth-order valence-corrected chi connectivity index (χ4v) is 3.42. The lowest BCUT2D eigenvalue weighted by Crippen LogP contribution is -2.46. The first-order chi connectivity index (χ1) is 13.5. The van der Waals surface area contributed by atoms with Crippen LogP contribution in [0.1, 0.15) is 29.5 Å². The Morgan fingerprint density at radius 1 is 1.25 bits per heavy atom. The molecule has 0 saturated carbocycles. The molecule has 0 bridgehead atoms. The van der Waals surface area contributed by atoms with Gasteiger partial charge in [0, 0.05) is 0 Å². The van der Waals surface area contributed by atoms with Gasteiger partial charge in [-0.1, -0.05) is 18.2 Å².